The summed E-state index contributed by atoms with van der Waals surface area (Å²) in [6, 6.07) is 8.17. The van der Waals surface area contributed by atoms with Gasteiger partial charge in [0.05, 0.1) is 0 Å². The van der Waals surface area contributed by atoms with E-state index in [4.69, 9.17) is 4.74 Å². The summed E-state index contributed by atoms with van der Waals surface area (Å²) in [5, 5.41) is 3.63. The van der Waals surface area contributed by atoms with Gasteiger partial charge in [-0.3, -0.25) is 4.79 Å². The Balaban J connectivity index is 1.37. The summed E-state index contributed by atoms with van der Waals surface area (Å²) in [5.74, 6) is 1.72. The molecule has 2 fully saturated rings. The van der Waals surface area contributed by atoms with Crippen molar-refractivity contribution in [3.63, 3.8) is 0 Å². The normalized spacial score (nSPS) is 19.2. The van der Waals surface area contributed by atoms with Crippen LogP contribution in [0.25, 0.3) is 0 Å². The van der Waals surface area contributed by atoms with Gasteiger partial charge in [0.25, 0.3) is 5.91 Å². The van der Waals surface area contributed by atoms with Crippen molar-refractivity contribution in [2.45, 2.75) is 31.7 Å². The summed E-state index contributed by atoms with van der Waals surface area (Å²) in [7, 11) is 0. The lowest BCUT2D eigenvalue weighted by atomic mass is 10.0. The van der Waals surface area contributed by atoms with E-state index in [0.717, 1.165) is 48.6 Å². The third-order valence-corrected chi connectivity index (χ3v) is 4.89. The standard InChI is InChI=1S/C17H23BrN2O2/c18-14-2-1-3-16(10-14)22-12-17(21)20-8-6-15(7-9-20)19-11-13-4-5-13/h1-3,10,13,15,19H,4-9,11-12H2. The number of ether oxygens (including phenoxy) is 1. The van der Waals surface area contributed by atoms with Gasteiger partial charge in [-0.25, -0.2) is 0 Å². The average Bonchev–Trinajstić information content (AvgIpc) is 3.35. The van der Waals surface area contributed by atoms with Crippen LogP contribution < -0.4 is 10.1 Å². The molecule has 1 saturated heterocycles. The Labute approximate surface area is 140 Å². The van der Waals surface area contributed by atoms with Crippen LogP contribution in [0.1, 0.15) is 25.7 Å². The molecular formula is C17H23BrN2O2. The van der Waals surface area contributed by atoms with Crippen molar-refractivity contribution >= 4 is 21.8 Å². The number of halogens is 1. The molecule has 1 amide bonds. The zero-order valence-electron chi connectivity index (χ0n) is 12.8. The zero-order chi connectivity index (χ0) is 15.4. The van der Waals surface area contributed by atoms with E-state index in [1.54, 1.807) is 0 Å². The van der Waals surface area contributed by atoms with E-state index in [2.05, 4.69) is 21.2 Å². The molecule has 1 N–H and O–H groups in total. The van der Waals surface area contributed by atoms with E-state index < -0.39 is 0 Å². The minimum absolute atomic E-state index is 0.0839. The Morgan fingerprint density at radius 1 is 1.27 bits per heavy atom. The predicted octanol–water partition coefficient (Wildman–Crippen LogP) is 2.82. The van der Waals surface area contributed by atoms with E-state index in [9.17, 15) is 4.79 Å². The van der Waals surface area contributed by atoms with E-state index in [1.165, 1.54) is 12.8 Å². The molecule has 0 spiro atoms. The SMILES string of the molecule is O=C(COc1cccc(Br)c1)N1CCC(NCC2CC2)CC1. The molecule has 1 aliphatic carbocycles. The fourth-order valence-corrected chi connectivity index (χ4v) is 3.16. The van der Waals surface area contributed by atoms with Crippen molar-refractivity contribution in [2.24, 2.45) is 5.92 Å². The van der Waals surface area contributed by atoms with Crippen LogP contribution in [0.3, 0.4) is 0 Å². The molecule has 1 saturated carbocycles. The Morgan fingerprint density at radius 2 is 2.05 bits per heavy atom. The molecule has 22 heavy (non-hydrogen) atoms. The van der Waals surface area contributed by atoms with Gasteiger partial charge in [0.15, 0.2) is 6.61 Å². The van der Waals surface area contributed by atoms with Crippen LogP contribution in [-0.2, 0) is 4.79 Å². The second-order valence-corrected chi connectivity index (χ2v) is 7.17. The maximum Gasteiger partial charge on any atom is 0.260 e. The first-order valence-electron chi connectivity index (χ1n) is 8.10. The molecule has 0 bridgehead atoms. The van der Waals surface area contributed by atoms with Gasteiger partial charge in [0, 0.05) is 23.6 Å². The number of nitrogens with zero attached hydrogens (tertiary/aromatic N) is 1. The first-order valence-corrected chi connectivity index (χ1v) is 8.89. The highest BCUT2D eigenvalue weighted by atomic mass is 79.9. The van der Waals surface area contributed by atoms with E-state index in [0.29, 0.717) is 6.04 Å². The number of hydrogen-bond acceptors (Lipinski definition) is 3. The van der Waals surface area contributed by atoms with Crippen LogP contribution >= 0.6 is 15.9 Å². The number of carbonyl (C=O) groups excluding carboxylic acids is 1. The summed E-state index contributed by atoms with van der Waals surface area (Å²) in [6.07, 6.45) is 4.87. The highest BCUT2D eigenvalue weighted by Crippen LogP contribution is 2.28. The molecule has 2 aliphatic rings. The van der Waals surface area contributed by atoms with Crippen LogP contribution in [0, 0.1) is 5.92 Å². The maximum absolute atomic E-state index is 12.2. The Bertz CT molecular complexity index is 511. The van der Waals surface area contributed by atoms with E-state index >= 15 is 0 Å². The molecule has 1 heterocycles. The van der Waals surface area contributed by atoms with E-state index in [1.807, 2.05) is 29.2 Å². The third-order valence-electron chi connectivity index (χ3n) is 4.40. The van der Waals surface area contributed by atoms with Gasteiger partial charge in [-0.05, 0) is 56.3 Å². The number of benzene rings is 1. The van der Waals surface area contributed by atoms with Gasteiger partial charge < -0.3 is 15.0 Å². The lowest BCUT2D eigenvalue weighted by Crippen LogP contribution is -2.46. The second-order valence-electron chi connectivity index (χ2n) is 6.25. The highest BCUT2D eigenvalue weighted by Gasteiger charge is 2.26. The Hall–Kier alpha value is -1.07. The number of nitrogens with one attached hydrogen (secondary N) is 1. The number of carbonyl (C=O) groups is 1. The number of piperidine rings is 1. The number of likely N-dealkylation sites (tertiary alicyclic amines) is 1. The third kappa shape index (κ3) is 4.71. The zero-order valence-corrected chi connectivity index (χ0v) is 14.3. The number of hydrogen-bond donors (Lipinski definition) is 1. The molecule has 0 atom stereocenters. The fraction of sp³-hybridized carbons (Fsp3) is 0.588. The number of amides is 1. The molecule has 0 aromatic heterocycles. The Morgan fingerprint density at radius 3 is 2.73 bits per heavy atom. The lowest BCUT2D eigenvalue weighted by molar-refractivity contribution is -0.134. The van der Waals surface area contributed by atoms with Crippen molar-refractivity contribution in [1.82, 2.24) is 10.2 Å². The first-order chi connectivity index (χ1) is 10.7. The highest BCUT2D eigenvalue weighted by molar-refractivity contribution is 9.10. The van der Waals surface area contributed by atoms with Gasteiger partial charge in [0.1, 0.15) is 5.75 Å². The molecule has 1 aromatic carbocycles. The van der Waals surface area contributed by atoms with Crippen LogP contribution in [0.5, 0.6) is 5.75 Å². The topological polar surface area (TPSA) is 41.6 Å². The molecular weight excluding hydrogens is 344 g/mol. The maximum atomic E-state index is 12.2. The summed E-state index contributed by atoms with van der Waals surface area (Å²) in [4.78, 5) is 14.1. The predicted molar refractivity (Wildman–Crippen MR) is 90.0 cm³/mol. The summed E-state index contributed by atoms with van der Waals surface area (Å²) in [6.45, 7) is 2.95. The van der Waals surface area contributed by atoms with Crippen LogP contribution in [-0.4, -0.2) is 43.1 Å². The van der Waals surface area contributed by atoms with Gasteiger partial charge in [-0.15, -0.1) is 0 Å². The monoisotopic (exact) mass is 366 g/mol. The molecule has 4 nitrogen and oxygen atoms in total. The second kappa shape index (κ2) is 7.47. The quantitative estimate of drug-likeness (QED) is 0.841. The van der Waals surface area contributed by atoms with E-state index in [-0.39, 0.29) is 12.5 Å². The van der Waals surface area contributed by atoms with Crippen molar-refractivity contribution in [2.75, 3.05) is 26.2 Å². The summed E-state index contributed by atoms with van der Waals surface area (Å²) in [5.41, 5.74) is 0. The van der Waals surface area contributed by atoms with Gasteiger partial charge in [-0.1, -0.05) is 22.0 Å². The summed E-state index contributed by atoms with van der Waals surface area (Å²) >= 11 is 3.40. The van der Waals surface area contributed by atoms with Crippen molar-refractivity contribution in [3.8, 4) is 5.75 Å². The summed E-state index contributed by atoms with van der Waals surface area (Å²) < 4.78 is 6.54. The van der Waals surface area contributed by atoms with Gasteiger partial charge in [0.2, 0.25) is 0 Å². The average molecular weight is 367 g/mol. The molecule has 120 valence electrons. The van der Waals surface area contributed by atoms with Crippen LogP contribution in [0.4, 0.5) is 0 Å². The fourth-order valence-electron chi connectivity index (χ4n) is 2.78. The molecule has 1 aromatic rings. The lowest BCUT2D eigenvalue weighted by Gasteiger charge is -2.32. The van der Waals surface area contributed by atoms with Gasteiger partial charge >= 0.3 is 0 Å². The number of rotatable bonds is 6. The largest absolute Gasteiger partial charge is 0.484 e. The molecule has 5 heteroatoms. The molecule has 1 aliphatic heterocycles. The molecule has 3 rings (SSSR count). The van der Waals surface area contributed by atoms with Gasteiger partial charge in [-0.2, -0.15) is 0 Å². The minimum atomic E-state index is 0.0839. The van der Waals surface area contributed by atoms with Crippen molar-refractivity contribution < 1.29 is 9.53 Å². The first kappa shape index (κ1) is 15.8. The smallest absolute Gasteiger partial charge is 0.260 e. The van der Waals surface area contributed by atoms with Crippen LogP contribution in [0.2, 0.25) is 0 Å². The van der Waals surface area contributed by atoms with Crippen molar-refractivity contribution in [1.29, 1.82) is 0 Å². The molecule has 0 unspecified atom stereocenters. The van der Waals surface area contributed by atoms with Crippen LogP contribution in [0.15, 0.2) is 28.7 Å². The minimum Gasteiger partial charge on any atom is -0.484 e. The van der Waals surface area contributed by atoms with Crippen molar-refractivity contribution in [3.05, 3.63) is 28.7 Å². The Kier molecular flexibility index (Phi) is 5.37. The molecule has 0 radical (unpaired) electrons.